The highest BCUT2D eigenvalue weighted by Crippen LogP contribution is 2.19. The summed E-state index contributed by atoms with van der Waals surface area (Å²) in [6.45, 7) is 8.45. The predicted molar refractivity (Wildman–Crippen MR) is 97.6 cm³/mol. The van der Waals surface area contributed by atoms with Crippen molar-refractivity contribution in [1.82, 2.24) is 20.0 Å². The van der Waals surface area contributed by atoms with Crippen molar-refractivity contribution in [3.05, 3.63) is 47.0 Å². The molecular formula is C19H25FN4O2. The molecule has 0 saturated carbocycles. The molecule has 0 aliphatic heterocycles. The van der Waals surface area contributed by atoms with Gasteiger partial charge in [0.1, 0.15) is 5.82 Å². The minimum Gasteiger partial charge on any atom is -0.355 e. The van der Waals surface area contributed by atoms with Crippen LogP contribution in [0.5, 0.6) is 0 Å². The molecule has 0 unspecified atom stereocenters. The lowest BCUT2D eigenvalue weighted by molar-refractivity contribution is -0.135. The quantitative estimate of drug-likeness (QED) is 0.823. The number of hydrogen-bond donors (Lipinski definition) is 1. The van der Waals surface area contributed by atoms with Crippen LogP contribution in [0.3, 0.4) is 0 Å². The lowest BCUT2D eigenvalue weighted by atomic mass is 10.1. The zero-order valence-corrected chi connectivity index (χ0v) is 15.7. The maximum absolute atomic E-state index is 13.1. The Morgan fingerprint density at radius 3 is 2.42 bits per heavy atom. The smallest absolute Gasteiger partial charge is 0.239 e. The van der Waals surface area contributed by atoms with E-state index < -0.39 is 0 Å². The van der Waals surface area contributed by atoms with E-state index in [4.69, 9.17) is 0 Å². The van der Waals surface area contributed by atoms with Gasteiger partial charge in [-0.05, 0) is 52.0 Å². The maximum Gasteiger partial charge on any atom is 0.239 e. The number of likely N-dealkylation sites (N-methyl/N-ethyl adjacent to an activating group) is 2. The average molecular weight is 360 g/mol. The number of carbonyl (C=O) groups is 2. The molecule has 1 heterocycles. The van der Waals surface area contributed by atoms with Crippen LogP contribution in [0, 0.1) is 19.7 Å². The van der Waals surface area contributed by atoms with Crippen molar-refractivity contribution in [2.45, 2.75) is 34.1 Å². The summed E-state index contributed by atoms with van der Waals surface area (Å²) >= 11 is 0. The molecule has 0 atom stereocenters. The van der Waals surface area contributed by atoms with Crippen LogP contribution in [0.15, 0.2) is 24.3 Å². The summed E-state index contributed by atoms with van der Waals surface area (Å²) in [6, 6.07) is 6.05. The first kappa shape index (κ1) is 19.6. The number of nitrogens with zero attached hydrogens (tertiary/aromatic N) is 3. The van der Waals surface area contributed by atoms with Gasteiger partial charge >= 0.3 is 0 Å². The van der Waals surface area contributed by atoms with Crippen molar-refractivity contribution >= 4 is 11.8 Å². The standard InChI is InChI=1S/C19H25FN4O2/c1-5-21-18(25)12-23(6-2)19(26)11-17-13(3)22-24(14(17)4)16-9-7-15(20)8-10-16/h7-10H,5-6,11-12H2,1-4H3,(H,21,25). The second-order valence-electron chi connectivity index (χ2n) is 6.08. The van der Waals surface area contributed by atoms with Gasteiger partial charge in [-0.15, -0.1) is 0 Å². The first-order valence-electron chi connectivity index (χ1n) is 8.72. The highest BCUT2D eigenvalue weighted by atomic mass is 19.1. The molecule has 2 rings (SSSR count). The summed E-state index contributed by atoms with van der Waals surface area (Å²) in [4.78, 5) is 25.9. The molecule has 2 aromatic rings. The molecule has 0 radical (unpaired) electrons. The van der Waals surface area contributed by atoms with Crippen molar-refractivity contribution in [2.75, 3.05) is 19.6 Å². The Hall–Kier alpha value is -2.70. The summed E-state index contributed by atoms with van der Waals surface area (Å²) in [6.07, 6.45) is 0.173. The molecule has 0 spiro atoms. The normalized spacial score (nSPS) is 10.7. The Kier molecular flexibility index (Phi) is 6.49. The van der Waals surface area contributed by atoms with E-state index in [9.17, 15) is 14.0 Å². The molecule has 6 nitrogen and oxygen atoms in total. The molecule has 1 aromatic carbocycles. The Morgan fingerprint density at radius 2 is 1.85 bits per heavy atom. The molecule has 0 bridgehead atoms. The van der Waals surface area contributed by atoms with E-state index in [2.05, 4.69) is 10.4 Å². The first-order valence-corrected chi connectivity index (χ1v) is 8.72. The van der Waals surface area contributed by atoms with E-state index in [0.717, 1.165) is 22.6 Å². The van der Waals surface area contributed by atoms with Crippen LogP contribution in [0.4, 0.5) is 4.39 Å². The summed E-state index contributed by atoms with van der Waals surface area (Å²) in [7, 11) is 0. The van der Waals surface area contributed by atoms with E-state index in [1.165, 1.54) is 17.0 Å². The predicted octanol–water partition coefficient (Wildman–Crippen LogP) is 2.16. The molecular weight excluding hydrogens is 335 g/mol. The minimum absolute atomic E-state index is 0.0490. The van der Waals surface area contributed by atoms with Crippen molar-refractivity contribution in [3.63, 3.8) is 0 Å². The lowest BCUT2D eigenvalue weighted by Gasteiger charge is -2.20. The van der Waals surface area contributed by atoms with Crippen LogP contribution in [0.25, 0.3) is 5.69 Å². The van der Waals surface area contributed by atoms with Gasteiger partial charge in [-0.1, -0.05) is 0 Å². The second kappa shape index (κ2) is 8.60. The summed E-state index contributed by atoms with van der Waals surface area (Å²) in [5, 5.41) is 7.18. The lowest BCUT2D eigenvalue weighted by Crippen LogP contribution is -2.41. The second-order valence-corrected chi connectivity index (χ2v) is 6.08. The van der Waals surface area contributed by atoms with Crippen LogP contribution < -0.4 is 5.32 Å². The Balaban J connectivity index is 2.19. The molecule has 2 amide bonds. The number of benzene rings is 1. The number of amides is 2. The highest BCUT2D eigenvalue weighted by molar-refractivity contribution is 5.86. The number of aromatic nitrogens is 2. The number of rotatable bonds is 7. The fourth-order valence-electron chi connectivity index (χ4n) is 2.83. The van der Waals surface area contributed by atoms with Gasteiger partial charge in [0.25, 0.3) is 0 Å². The Labute approximate surface area is 153 Å². The van der Waals surface area contributed by atoms with Crippen LogP contribution >= 0.6 is 0 Å². The van der Waals surface area contributed by atoms with Gasteiger partial charge in [0, 0.05) is 24.3 Å². The van der Waals surface area contributed by atoms with Gasteiger partial charge in [0.15, 0.2) is 0 Å². The molecule has 26 heavy (non-hydrogen) atoms. The van der Waals surface area contributed by atoms with Crippen molar-refractivity contribution in [2.24, 2.45) is 0 Å². The zero-order valence-electron chi connectivity index (χ0n) is 15.7. The molecule has 0 fully saturated rings. The molecule has 0 saturated heterocycles. The third-order valence-electron chi connectivity index (χ3n) is 4.28. The van der Waals surface area contributed by atoms with Gasteiger partial charge in [0.2, 0.25) is 11.8 Å². The number of aryl methyl sites for hydroxylation is 1. The molecule has 7 heteroatoms. The van der Waals surface area contributed by atoms with Gasteiger partial charge in [-0.2, -0.15) is 5.10 Å². The van der Waals surface area contributed by atoms with Gasteiger partial charge < -0.3 is 10.2 Å². The first-order chi connectivity index (χ1) is 12.4. The molecule has 1 aromatic heterocycles. The third-order valence-corrected chi connectivity index (χ3v) is 4.28. The number of nitrogens with one attached hydrogen (secondary N) is 1. The van der Waals surface area contributed by atoms with E-state index in [-0.39, 0.29) is 30.6 Å². The molecule has 0 aliphatic carbocycles. The van der Waals surface area contributed by atoms with Crippen LogP contribution in [0.2, 0.25) is 0 Å². The van der Waals surface area contributed by atoms with Crippen LogP contribution in [0.1, 0.15) is 30.8 Å². The topological polar surface area (TPSA) is 67.2 Å². The number of halogens is 1. The molecule has 1 N–H and O–H groups in total. The average Bonchev–Trinajstić information content (AvgIpc) is 2.88. The fourth-order valence-corrected chi connectivity index (χ4v) is 2.83. The zero-order chi connectivity index (χ0) is 19.3. The van der Waals surface area contributed by atoms with Crippen molar-refractivity contribution in [1.29, 1.82) is 0 Å². The summed E-state index contributed by atoms with van der Waals surface area (Å²) < 4.78 is 14.8. The molecule has 0 aliphatic rings. The number of hydrogen-bond acceptors (Lipinski definition) is 3. The van der Waals surface area contributed by atoms with Crippen molar-refractivity contribution in [3.8, 4) is 5.69 Å². The number of carbonyl (C=O) groups excluding carboxylic acids is 2. The largest absolute Gasteiger partial charge is 0.355 e. The third kappa shape index (κ3) is 4.47. The van der Waals surface area contributed by atoms with E-state index in [0.29, 0.717) is 13.1 Å². The maximum atomic E-state index is 13.1. The summed E-state index contributed by atoms with van der Waals surface area (Å²) in [5.41, 5.74) is 3.14. The van der Waals surface area contributed by atoms with Gasteiger partial charge in [-0.3, -0.25) is 9.59 Å². The minimum atomic E-state index is -0.311. The SMILES string of the molecule is CCNC(=O)CN(CC)C(=O)Cc1c(C)nn(-c2ccc(F)cc2)c1C. The summed E-state index contributed by atoms with van der Waals surface area (Å²) in [5.74, 6) is -0.601. The van der Waals surface area contributed by atoms with Gasteiger partial charge in [0.05, 0.1) is 24.3 Å². The monoisotopic (exact) mass is 360 g/mol. The van der Waals surface area contributed by atoms with E-state index >= 15 is 0 Å². The van der Waals surface area contributed by atoms with Crippen LogP contribution in [-0.4, -0.2) is 46.1 Å². The van der Waals surface area contributed by atoms with Gasteiger partial charge in [-0.25, -0.2) is 9.07 Å². The Bertz CT molecular complexity index is 784. The van der Waals surface area contributed by atoms with E-state index in [1.54, 1.807) is 16.8 Å². The molecule has 140 valence electrons. The van der Waals surface area contributed by atoms with Crippen molar-refractivity contribution < 1.29 is 14.0 Å². The highest BCUT2D eigenvalue weighted by Gasteiger charge is 2.20. The van der Waals surface area contributed by atoms with Crippen LogP contribution in [-0.2, 0) is 16.0 Å². The van der Waals surface area contributed by atoms with E-state index in [1.807, 2.05) is 27.7 Å². The fraction of sp³-hybridized carbons (Fsp3) is 0.421. The Morgan fingerprint density at radius 1 is 1.19 bits per heavy atom.